The van der Waals surface area contributed by atoms with Gasteiger partial charge in [0.05, 0.1) is 20.8 Å². The number of fused-ring (bicyclic) bond motifs is 1. The van der Waals surface area contributed by atoms with Gasteiger partial charge >= 0.3 is 17.9 Å². The summed E-state index contributed by atoms with van der Waals surface area (Å²) in [6, 6.07) is 6.63. The molecule has 2 rings (SSSR count). The number of methoxy groups -OCH3 is 2. The molecule has 1 unspecified atom stereocenters. The van der Waals surface area contributed by atoms with Crippen molar-refractivity contribution in [2.75, 3.05) is 20.8 Å². The number of para-hydroxylation sites is 1. The molecule has 2 N–H and O–H groups in total. The largest absolute Gasteiger partial charge is 0.468 e. The van der Waals surface area contributed by atoms with Crippen LogP contribution in [-0.4, -0.2) is 38.7 Å². The van der Waals surface area contributed by atoms with Crippen LogP contribution >= 0.6 is 0 Å². The number of ether oxygens (including phenoxy) is 4. The standard InChI is InChI=1S/C17H19NO7/c1-4-24-17(21)12-11(13(15(19)22-2)16(20)23-3)9-7-5-6-8-10(9)25-14(12)18/h5-8,11,13H,4,18H2,1-3H3. The van der Waals surface area contributed by atoms with Crippen LogP contribution in [0.5, 0.6) is 5.75 Å². The van der Waals surface area contributed by atoms with Gasteiger partial charge in [-0.2, -0.15) is 0 Å². The van der Waals surface area contributed by atoms with E-state index in [0.717, 1.165) is 14.2 Å². The number of carbonyl (C=O) groups excluding carboxylic acids is 3. The molecular formula is C17H19NO7. The molecule has 0 spiro atoms. The molecule has 0 fully saturated rings. The normalized spacial score (nSPS) is 15.9. The van der Waals surface area contributed by atoms with Crippen LogP contribution in [0.15, 0.2) is 35.7 Å². The summed E-state index contributed by atoms with van der Waals surface area (Å²) in [5.41, 5.74) is 6.20. The fourth-order valence-electron chi connectivity index (χ4n) is 2.72. The molecule has 134 valence electrons. The number of carbonyl (C=O) groups is 3. The lowest BCUT2D eigenvalue weighted by atomic mass is 9.78. The maximum atomic E-state index is 12.4. The molecule has 8 nitrogen and oxygen atoms in total. The molecule has 1 aromatic carbocycles. The van der Waals surface area contributed by atoms with Crippen LogP contribution in [0.1, 0.15) is 18.4 Å². The van der Waals surface area contributed by atoms with Crippen LogP contribution in [0, 0.1) is 5.92 Å². The van der Waals surface area contributed by atoms with Gasteiger partial charge in [0.1, 0.15) is 11.3 Å². The predicted octanol–water partition coefficient (Wildman–Crippen LogP) is 0.858. The van der Waals surface area contributed by atoms with Crippen LogP contribution < -0.4 is 10.5 Å². The van der Waals surface area contributed by atoms with Crippen LogP contribution in [0.25, 0.3) is 0 Å². The summed E-state index contributed by atoms with van der Waals surface area (Å²) in [6.45, 7) is 1.71. The molecule has 1 aliphatic rings. The maximum Gasteiger partial charge on any atom is 0.340 e. The monoisotopic (exact) mass is 349 g/mol. The molecule has 0 radical (unpaired) electrons. The van der Waals surface area contributed by atoms with Crippen LogP contribution in [0.4, 0.5) is 0 Å². The lowest BCUT2D eigenvalue weighted by molar-refractivity contribution is -0.159. The molecule has 0 saturated carbocycles. The second-order valence-corrected chi connectivity index (χ2v) is 5.14. The Bertz CT molecular complexity index is 709. The van der Waals surface area contributed by atoms with E-state index < -0.39 is 29.7 Å². The molecule has 1 atom stereocenters. The molecule has 0 bridgehead atoms. The Balaban J connectivity index is 2.67. The van der Waals surface area contributed by atoms with Gasteiger partial charge in [0, 0.05) is 11.5 Å². The van der Waals surface area contributed by atoms with Crippen LogP contribution in [0.3, 0.4) is 0 Å². The molecule has 0 aromatic heterocycles. The van der Waals surface area contributed by atoms with Crippen molar-refractivity contribution in [1.82, 2.24) is 0 Å². The number of hydrogen-bond acceptors (Lipinski definition) is 8. The second kappa shape index (κ2) is 7.69. The Morgan fingerprint density at radius 3 is 2.32 bits per heavy atom. The Morgan fingerprint density at radius 1 is 1.16 bits per heavy atom. The molecule has 1 aliphatic heterocycles. The van der Waals surface area contributed by atoms with Crippen LogP contribution in [-0.2, 0) is 28.6 Å². The molecule has 0 amide bonds. The number of benzene rings is 1. The first-order chi connectivity index (χ1) is 12.0. The van der Waals surface area contributed by atoms with Crippen molar-refractivity contribution in [3.63, 3.8) is 0 Å². The minimum Gasteiger partial charge on any atom is -0.468 e. The SMILES string of the molecule is CCOC(=O)C1=C(N)Oc2ccccc2C1C(C(=O)OC)C(=O)OC. The lowest BCUT2D eigenvalue weighted by Gasteiger charge is -2.31. The first-order valence-corrected chi connectivity index (χ1v) is 7.55. The third kappa shape index (κ3) is 3.42. The van der Waals surface area contributed by atoms with E-state index in [4.69, 9.17) is 24.7 Å². The minimum atomic E-state index is -1.43. The molecular weight excluding hydrogens is 330 g/mol. The zero-order valence-electron chi connectivity index (χ0n) is 14.1. The van der Waals surface area contributed by atoms with E-state index in [0.29, 0.717) is 11.3 Å². The van der Waals surface area contributed by atoms with Gasteiger partial charge in [0.2, 0.25) is 5.88 Å². The van der Waals surface area contributed by atoms with E-state index in [9.17, 15) is 14.4 Å². The van der Waals surface area contributed by atoms with E-state index in [1.165, 1.54) is 0 Å². The molecule has 8 heteroatoms. The Labute approximate surface area is 144 Å². The van der Waals surface area contributed by atoms with E-state index >= 15 is 0 Å². The highest BCUT2D eigenvalue weighted by atomic mass is 16.5. The fraction of sp³-hybridized carbons (Fsp3) is 0.353. The molecule has 1 aromatic rings. The molecule has 0 saturated heterocycles. The summed E-state index contributed by atoms with van der Waals surface area (Å²) in [7, 11) is 2.28. The smallest absolute Gasteiger partial charge is 0.340 e. The summed E-state index contributed by atoms with van der Waals surface area (Å²) in [4.78, 5) is 37.0. The molecule has 25 heavy (non-hydrogen) atoms. The Hall–Kier alpha value is -3.03. The van der Waals surface area contributed by atoms with E-state index in [-0.39, 0.29) is 18.1 Å². The zero-order chi connectivity index (χ0) is 18.6. The van der Waals surface area contributed by atoms with Crippen molar-refractivity contribution < 1.29 is 33.3 Å². The quantitative estimate of drug-likeness (QED) is 0.473. The van der Waals surface area contributed by atoms with E-state index in [1.807, 2.05) is 0 Å². The van der Waals surface area contributed by atoms with Gasteiger partial charge in [-0.15, -0.1) is 0 Å². The predicted molar refractivity (Wildman–Crippen MR) is 85.2 cm³/mol. The Kier molecular flexibility index (Phi) is 5.63. The average Bonchev–Trinajstić information content (AvgIpc) is 2.61. The summed E-state index contributed by atoms with van der Waals surface area (Å²) >= 11 is 0. The average molecular weight is 349 g/mol. The maximum absolute atomic E-state index is 12.4. The number of nitrogens with two attached hydrogens (primary N) is 1. The Morgan fingerprint density at radius 2 is 1.76 bits per heavy atom. The topological polar surface area (TPSA) is 114 Å². The highest BCUT2D eigenvalue weighted by Crippen LogP contribution is 2.43. The summed E-state index contributed by atoms with van der Waals surface area (Å²) in [6.07, 6.45) is 0. The second-order valence-electron chi connectivity index (χ2n) is 5.14. The zero-order valence-corrected chi connectivity index (χ0v) is 14.1. The number of esters is 3. The van der Waals surface area contributed by atoms with Gasteiger partial charge in [0.15, 0.2) is 5.92 Å². The van der Waals surface area contributed by atoms with Gasteiger partial charge in [0.25, 0.3) is 0 Å². The van der Waals surface area contributed by atoms with Crippen molar-refractivity contribution in [3.8, 4) is 5.75 Å². The lowest BCUT2D eigenvalue weighted by Crippen LogP contribution is -2.38. The first kappa shape index (κ1) is 18.3. The van der Waals surface area contributed by atoms with Crippen molar-refractivity contribution in [2.24, 2.45) is 11.7 Å². The first-order valence-electron chi connectivity index (χ1n) is 7.55. The number of rotatable bonds is 5. The van der Waals surface area contributed by atoms with E-state index in [2.05, 4.69) is 0 Å². The highest BCUT2D eigenvalue weighted by Gasteiger charge is 2.47. The summed E-state index contributed by atoms with van der Waals surface area (Å²) in [5, 5.41) is 0. The summed E-state index contributed by atoms with van der Waals surface area (Å²) < 4.78 is 19.9. The van der Waals surface area contributed by atoms with Crippen molar-refractivity contribution in [3.05, 3.63) is 41.3 Å². The van der Waals surface area contributed by atoms with Gasteiger partial charge in [-0.3, -0.25) is 9.59 Å². The van der Waals surface area contributed by atoms with E-state index in [1.54, 1.807) is 31.2 Å². The van der Waals surface area contributed by atoms with Crippen LogP contribution in [0.2, 0.25) is 0 Å². The van der Waals surface area contributed by atoms with Crippen molar-refractivity contribution >= 4 is 17.9 Å². The van der Waals surface area contributed by atoms with Crippen molar-refractivity contribution in [1.29, 1.82) is 0 Å². The third-order valence-electron chi connectivity index (χ3n) is 3.79. The van der Waals surface area contributed by atoms with Gasteiger partial charge in [-0.25, -0.2) is 4.79 Å². The minimum absolute atomic E-state index is 0.0884. The van der Waals surface area contributed by atoms with Gasteiger partial charge < -0.3 is 24.7 Å². The summed E-state index contributed by atoms with van der Waals surface area (Å²) in [5.74, 6) is -4.89. The number of hydrogen-bond donors (Lipinski definition) is 1. The van der Waals surface area contributed by atoms with Crippen molar-refractivity contribution in [2.45, 2.75) is 12.8 Å². The highest BCUT2D eigenvalue weighted by molar-refractivity contribution is 6.01. The molecule has 1 heterocycles. The third-order valence-corrected chi connectivity index (χ3v) is 3.79. The van der Waals surface area contributed by atoms with Gasteiger partial charge in [-0.1, -0.05) is 18.2 Å². The molecule has 0 aliphatic carbocycles. The fourth-order valence-corrected chi connectivity index (χ4v) is 2.72. The van der Waals surface area contributed by atoms with Gasteiger partial charge in [-0.05, 0) is 13.0 Å².